The minimum absolute atomic E-state index is 0.0956. The first-order valence-corrected chi connectivity index (χ1v) is 10.3. The van der Waals surface area contributed by atoms with E-state index in [9.17, 15) is 4.79 Å². The lowest BCUT2D eigenvalue weighted by atomic mass is 10.1. The molecule has 2 aromatic rings. The van der Waals surface area contributed by atoms with Gasteiger partial charge >= 0.3 is 0 Å². The lowest BCUT2D eigenvalue weighted by molar-refractivity contribution is -0.123. The highest BCUT2D eigenvalue weighted by molar-refractivity contribution is 7.09. The van der Waals surface area contributed by atoms with Crippen molar-refractivity contribution in [1.82, 2.24) is 14.7 Å². The van der Waals surface area contributed by atoms with E-state index in [0.717, 1.165) is 41.7 Å². The molecule has 1 fully saturated rings. The maximum absolute atomic E-state index is 12.7. The van der Waals surface area contributed by atoms with Crippen LogP contribution in [0.2, 0.25) is 0 Å². The lowest BCUT2D eigenvalue weighted by Crippen LogP contribution is -2.47. The SMILES string of the molecule is COc1cccc(Cc2nsc(N3CCC[C@H]3C(=O)N[C@H](C)C(C)C)n2)c1. The van der Waals surface area contributed by atoms with Crippen molar-refractivity contribution in [2.24, 2.45) is 5.92 Å². The Bertz CT molecular complexity index is 777. The zero-order valence-electron chi connectivity index (χ0n) is 16.4. The van der Waals surface area contributed by atoms with E-state index in [1.54, 1.807) is 7.11 Å². The van der Waals surface area contributed by atoms with E-state index in [-0.39, 0.29) is 18.0 Å². The first kappa shape index (κ1) is 19.6. The standard InChI is InChI=1S/C20H28N4O2S/c1-13(2)14(3)21-19(25)17-9-6-10-24(17)20-22-18(23-27-20)12-15-7-5-8-16(11-15)26-4/h5,7-8,11,13-14,17H,6,9-10,12H2,1-4H3,(H,21,25)/t14-,17+/m1/s1. The predicted molar refractivity (Wildman–Crippen MR) is 109 cm³/mol. The van der Waals surface area contributed by atoms with Gasteiger partial charge < -0.3 is 15.0 Å². The highest BCUT2D eigenvalue weighted by atomic mass is 32.1. The second-order valence-corrected chi connectivity index (χ2v) is 8.14. The summed E-state index contributed by atoms with van der Waals surface area (Å²) >= 11 is 1.38. The van der Waals surface area contributed by atoms with Crippen molar-refractivity contribution in [1.29, 1.82) is 0 Å². The third kappa shape index (κ3) is 4.77. The molecule has 0 aliphatic carbocycles. The number of carbonyl (C=O) groups excluding carboxylic acids is 1. The molecule has 6 nitrogen and oxygen atoms in total. The van der Waals surface area contributed by atoms with E-state index < -0.39 is 0 Å². The van der Waals surface area contributed by atoms with E-state index in [1.165, 1.54) is 11.5 Å². The van der Waals surface area contributed by atoms with Gasteiger partial charge in [0.05, 0.1) is 7.11 Å². The molecule has 0 saturated carbocycles. The molecule has 2 atom stereocenters. The molecule has 1 saturated heterocycles. The Morgan fingerprint density at radius 1 is 1.41 bits per heavy atom. The number of nitrogens with zero attached hydrogens (tertiary/aromatic N) is 3. The van der Waals surface area contributed by atoms with Crippen LogP contribution in [0, 0.1) is 5.92 Å². The van der Waals surface area contributed by atoms with Gasteiger partial charge in [0.15, 0.2) is 0 Å². The van der Waals surface area contributed by atoms with Crippen LogP contribution in [0.3, 0.4) is 0 Å². The van der Waals surface area contributed by atoms with Gasteiger partial charge in [-0.2, -0.15) is 4.37 Å². The quantitative estimate of drug-likeness (QED) is 0.788. The van der Waals surface area contributed by atoms with E-state index in [0.29, 0.717) is 12.3 Å². The number of carbonyl (C=O) groups is 1. The van der Waals surface area contributed by atoms with Crippen LogP contribution in [0.4, 0.5) is 5.13 Å². The highest BCUT2D eigenvalue weighted by Gasteiger charge is 2.33. The van der Waals surface area contributed by atoms with E-state index in [4.69, 9.17) is 9.72 Å². The zero-order valence-corrected chi connectivity index (χ0v) is 17.3. The molecule has 1 N–H and O–H groups in total. The first-order chi connectivity index (χ1) is 13.0. The molecule has 0 spiro atoms. The van der Waals surface area contributed by atoms with Gasteiger partial charge in [0.1, 0.15) is 17.6 Å². The molecule has 146 valence electrons. The number of methoxy groups -OCH3 is 1. The van der Waals surface area contributed by atoms with E-state index >= 15 is 0 Å². The number of nitrogens with one attached hydrogen (secondary N) is 1. The summed E-state index contributed by atoms with van der Waals surface area (Å²) in [6.07, 6.45) is 2.52. The molecule has 3 rings (SSSR count). The highest BCUT2D eigenvalue weighted by Crippen LogP contribution is 2.28. The Kier molecular flexibility index (Phi) is 6.31. The second kappa shape index (κ2) is 8.69. The lowest BCUT2D eigenvalue weighted by Gasteiger charge is -2.25. The van der Waals surface area contributed by atoms with Crippen LogP contribution in [0.25, 0.3) is 0 Å². The van der Waals surface area contributed by atoms with Crippen molar-refractivity contribution in [3.05, 3.63) is 35.7 Å². The molecular formula is C20H28N4O2S. The number of benzene rings is 1. The van der Waals surface area contributed by atoms with Gasteiger partial charge in [0, 0.05) is 30.5 Å². The Balaban J connectivity index is 1.68. The number of hydrogen-bond donors (Lipinski definition) is 1. The molecule has 0 radical (unpaired) electrons. The summed E-state index contributed by atoms with van der Waals surface area (Å²) in [5.74, 6) is 2.13. The van der Waals surface area contributed by atoms with Crippen LogP contribution in [-0.4, -0.2) is 41.0 Å². The van der Waals surface area contributed by atoms with Gasteiger partial charge in [-0.3, -0.25) is 4.79 Å². The molecule has 1 aromatic carbocycles. The third-order valence-electron chi connectivity index (χ3n) is 5.12. The second-order valence-electron chi connectivity index (χ2n) is 7.41. The number of amides is 1. The summed E-state index contributed by atoms with van der Waals surface area (Å²) in [4.78, 5) is 19.5. The smallest absolute Gasteiger partial charge is 0.243 e. The largest absolute Gasteiger partial charge is 0.497 e. The number of anilines is 1. The monoisotopic (exact) mass is 388 g/mol. The van der Waals surface area contributed by atoms with Crippen molar-refractivity contribution in [3.63, 3.8) is 0 Å². The predicted octanol–water partition coefficient (Wildman–Crippen LogP) is 3.27. The van der Waals surface area contributed by atoms with Crippen LogP contribution < -0.4 is 15.0 Å². The Labute approximate surface area is 165 Å². The van der Waals surface area contributed by atoms with Crippen molar-refractivity contribution >= 4 is 22.6 Å². The van der Waals surface area contributed by atoms with Gasteiger partial charge in [-0.05, 0) is 43.4 Å². The number of hydrogen-bond acceptors (Lipinski definition) is 6. The van der Waals surface area contributed by atoms with Crippen molar-refractivity contribution in [2.45, 2.75) is 52.1 Å². The summed E-state index contributed by atoms with van der Waals surface area (Å²) in [6.45, 7) is 7.14. The van der Waals surface area contributed by atoms with Crippen molar-refractivity contribution in [3.8, 4) is 5.75 Å². The van der Waals surface area contributed by atoms with Crippen LogP contribution in [0.1, 0.15) is 45.0 Å². The fourth-order valence-electron chi connectivity index (χ4n) is 3.15. The normalized spacial score (nSPS) is 18.0. The summed E-state index contributed by atoms with van der Waals surface area (Å²) in [5, 5.41) is 3.98. The molecule has 1 amide bonds. The summed E-state index contributed by atoms with van der Waals surface area (Å²) < 4.78 is 9.79. The minimum atomic E-state index is -0.149. The van der Waals surface area contributed by atoms with Crippen molar-refractivity contribution in [2.75, 3.05) is 18.6 Å². The molecular weight excluding hydrogens is 360 g/mol. The average molecular weight is 389 g/mol. The van der Waals surface area contributed by atoms with Gasteiger partial charge in [-0.15, -0.1) is 0 Å². The summed E-state index contributed by atoms with van der Waals surface area (Å²) in [6, 6.07) is 7.96. The summed E-state index contributed by atoms with van der Waals surface area (Å²) in [5.41, 5.74) is 1.11. The van der Waals surface area contributed by atoms with E-state index in [2.05, 4.69) is 35.4 Å². The fraction of sp³-hybridized carbons (Fsp3) is 0.550. The topological polar surface area (TPSA) is 67.3 Å². The number of rotatable bonds is 7. The van der Waals surface area contributed by atoms with Gasteiger partial charge in [-0.25, -0.2) is 4.98 Å². The van der Waals surface area contributed by atoms with Crippen LogP contribution in [-0.2, 0) is 11.2 Å². The number of ether oxygens (including phenoxy) is 1. The minimum Gasteiger partial charge on any atom is -0.497 e. The zero-order chi connectivity index (χ0) is 19.4. The van der Waals surface area contributed by atoms with Crippen LogP contribution in [0.15, 0.2) is 24.3 Å². The third-order valence-corrected chi connectivity index (χ3v) is 5.92. The average Bonchev–Trinajstić information content (AvgIpc) is 3.30. The molecule has 7 heteroatoms. The fourth-order valence-corrected chi connectivity index (χ4v) is 3.92. The number of aromatic nitrogens is 2. The molecule has 0 unspecified atom stereocenters. The van der Waals surface area contributed by atoms with Crippen LogP contribution >= 0.6 is 11.5 Å². The maximum Gasteiger partial charge on any atom is 0.243 e. The van der Waals surface area contributed by atoms with Crippen LogP contribution in [0.5, 0.6) is 5.75 Å². The Morgan fingerprint density at radius 2 is 2.22 bits per heavy atom. The van der Waals surface area contributed by atoms with Gasteiger partial charge in [0.25, 0.3) is 0 Å². The molecule has 1 aromatic heterocycles. The van der Waals surface area contributed by atoms with Gasteiger partial charge in [-0.1, -0.05) is 26.0 Å². The maximum atomic E-state index is 12.7. The first-order valence-electron chi connectivity index (χ1n) is 9.50. The molecule has 0 bridgehead atoms. The summed E-state index contributed by atoms with van der Waals surface area (Å²) in [7, 11) is 1.66. The molecule has 1 aliphatic heterocycles. The Hall–Kier alpha value is -2.15. The van der Waals surface area contributed by atoms with E-state index in [1.807, 2.05) is 24.3 Å². The van der Waals surface area contributed by atoms with Gasteiger partial charge in [0.2, 0.25) is 11.0 Å². The molecule has 1 aliphatic rings. The molecule has 2 heterocycles. The Morgan fingerprint density at radius 3 is 2.96 bits per heavy atom. The molecule has 27 heavy (non-hydrogen) atoms. The van der Waals surface area contributed by atoms with Crippen molar-refractivity contribution < 1.29 is 9.53 Å².